The number of benzene rings is 3. The third kappa shape index (κ3) is 3.48. The van der Waals surface area contributed by atoms with Crippen molar-refractivity contribution in [3.8, 4) is 0 Å². The maximum atomic E-state index is 13.0. The molecule has 0 radical (unpaired) electrons. The molecule has 0 saturated carbocycles. The maximum Gasteiger partial charge on any atom is 0.267 e. The smallest absolute Gasteiger partial charge is 0.246 e. The fourth-order valence-corrected chi connectivity index (χ4v) is 5.16. The summed E-state index contributed by atoms with van der Waals surface area (Å²) < 4.78 is 27.4. The van der Waals surface area contributed by atoms with Gasteiger partial charge in [-0.1, -0.05) is 67.6 Å². The molecule has 0 aliphatic rings. The summed E-state index contributed by atoms with van der Waals surface area (Å²) in [6.45, 7) is 2.21. The first-order valence-electron chi connectivity index (χ1n) is 9.52. The summed E-state index contributed by atoms with van der Waals surface area (Å²) in [6.07, 6.45) is 3.21. The summed E-state index contributed by atoms with van der Waals surface area (Å²) in [4.78, 5) is 0.314. The zero-order valence-corrected chi connectivity index (χ0v) is 16.6. The van der Waals surface area contributed by atoms with Crippen LogP contribution in [0.3, 0.4) is 0 Å². The van der Waals surface area contributed by atoms with Crippen LogP contribution in [0.2, 0.25) is 0 Å². The van der Waals surface area contributed by atoms with E-state index in [0.29, 0.717) is 17.2 Å². The topological polar surface area (TPSA) is 39.1 Å². The van der Waals surface area contributed by atoms with Gasteiger partial charge >= 0.3 is 0 Å². The number of fused-ring (bicyclic) bond motifs is 1. The van der Waals surface area contributed by atoms with E-state index < -0.39 is 10.0 Å². The fraction of sp³-hybridized carbons (Fsp3) is 0.167. The Hall–Kier alpha value is -2.85. The van der Waals surface area contributed by atoms with Gasteiger partial charge in [-0.2, -0.15) is 0 Å². The van der Waals surface area contributed by atoms with Crippen LogP contribution in [0, 0.1) is 0 Å². The zero-order valence-electron chi connectivity index (χ0n) is 15.8. The predicted octanol–water partition coefficient (Wildman–Crippen LogP) is 5.61. The largest absolute Gasteiger partial charge is 0.267 e. The molecular formula is C24H23NO2S. The van der Waals surface area contributed by atoms with E-state index in [1.54, 1.807) is 36.5 Å². The SMILES string of the molecule is C[C@@H](CCc1cccn1S(=O)(=O)c1ccccc1)c1cccc2ccccc12. The highest BCUT2D eigenvalue weighted by atomic mass is 32.2. The number of rotatable bonds is 6. The number of aryl methyl sites for hydroxylation is 1. The lowest BCUT2D eigenvalue weighted by Gasteiger charge is -2.16. The zero-order chi connectivity index (χ0) is 19.6. The molecule has 3 nitrogen and oxygen atoms in total. The Kier molecular flexibility index (Phi) is 5.05. The molecular weight excluding hydrogens is 366 g/mol. The van der Waals surface area contributed by atoms with Gasteiger partial charge in [0.15, 0.2) is 0 Å². The minimum atomic E-state index is -3.56. The van der Waals surface area contributed by atoms with Crippen LogP contribution in [0.4, 0.5) is 0 Å². The van der Waals surface area contributed by atoms with Crippen molar-refractivity contribution in [1.82, 2.24) is 3.97 Å². The van der Waals surface area contributed by atoms with Crippen molar-refractivity contribution >= 4 is 20.8 Å². The van der Waals surface area contributed by atoms with E-state index in [4.69, 9.17) is 0 Å². The van der Waals surface area contributed by atoms with Crippen LogP contribution in [0.1, 0.15) is 30.5 Å². The van der Waals surface area contributed by atoms with Gasteiger partial charge in [-0.25, -0.2) is 12.4 Å². The van der Waals surface area contributed by atoms with Gasteiger partial charge in [-0.05, 0) is 59.4 Å². The predicted molar refractivity (Wildman–Crippen MR) is 114 cm³/mol. The Morgan fingerprint density at radius 3 is 2.36 bits per heavy atom. The summed E-state index contributed by atoms with van der Waals surface area (Å²) >= 11 is 0. The first-order chi connectivity index (χ1) is 13.6. The number of nitrogens with zero attached hydrogens (tertiary/aromatic N) is 1. The van der Waals surface area contributed by atoms with Crippen molar-refractivity contribution in [2.75, 3.05) is 0 Å². The van der Waals surface area contributed by atoms with Crippen molar-refractivity contribution in [3.05, 3.63) is 102 Å². The molecule has 1 atom stereocenters. The first kappa shape index (κ1) is 18.5. The second-order valence-electron chi connectivity index (χ2n) is 7.12. The van der Waals surface area contributed by atoms with Gasteiger partial charge in [0, 0.05) is 11.9 Å². The summed E-state index contributed by atoms with van der Waals surface area (Å²) in [6, 6.07) is 27.1. The summed E-state index contributed by atoms with van der Waals surface area (Å²) in [7, 11) is -3.56. The fourth-order valence-electron chi connectivity index (χ4n) is 3.74. The average Bonchev–Trinajstić information content (AvgIpc) is 3.22. The molecule has 0 N–H and O–H groups in total. The summed E-state index contributed by atoms with van der Waals surface area (Å²) in [5.74, 6) is 0.328. The molecule has 1 heterocycles. The van der Waals surface area contributed by atoms with Gasteiger partial charge < -0.3 is 0 Å². The monoisotopic (exact) mass is 389 g/mol. The Balaban J connectivity index is 1.58. The van der Waals surface area contributed by atoms with E-state index in [1.807, 2.05) is 12.1 Å². The van der Waals surface area contributed by atoms with Gasteiger partial charge in [0.2, 0.25) is 0 Å². The molecule has 0 amide bonds. The normalized spacial score (nSPS) is 12.9. The van der Waals surface area contributed by atoms with Crippen LogP contribution in [0.25, 0.3) is 10.8 Å². The Morgan fingerprint density at radius 1 is 0.821 bits per heavy atom. The van der Waals surface area contributed by atoms with Crippen molar-refractivity contribution < 1.29 is 8.42 Å². The summed E-state index contributed by atoms with van der Waals surface area (Å²) in [5.41, 5.74) is 2.12. The van der Waals surface area contributed by atoms with E-state index >= 15 is 0 Å². The molecule has 4 heteroatoms. The van der Waals surface area contributed by atoms with Crippen LogP contribution in [-0.4, -0.2) is 12.4 Å². The van der Waals surface area contributed by atoms with E-state index in [0.717, 1.165) is 12.1 Å². The Bertz CT molecular complexity index is 1190. The molecule has 28 heavy (non-hydrogen) atoms. The third-order valence-electron chi connectivity index (χ3n) is 5.28. The third-order valence-corrected chi connectivity index (χ3v) is 7.02. The highest BCUT2D eigenvalue weighted by Gasteiger charge is 2.19. The molecule has 142 valence electrons. The second-order valence-corrected chi connectivity index (χ2v) is 8.94. The second kappa shape index (κ2) is 7.64. The van der Waals surface area contributed by atoms with Gasteiger partial charge in [-0.3, -0.25) is 0 Å². The number of hydrogen-bond donors (Lipinski definition) is 0. The van der Waals surface area contributed by atoms with Gasteiger partial charge in [0.05, 0.1) is 4.90 Å². The summed E-state index contributed by atoms with van der Waals surface area (Å²) in [5, 5.41) is 2.51. The molecule has 0 bridgehead atoms. The van der Waals surface area contributed by atoms with Crippen molar-refractivity contribution in [2.24, 2.45) is 0 Å². The molecule has 3 aromatic carbocycles. The Labute approximate surface area is 166 Å². The highest BCUT2D eigenvalue weighted by Crippen LogP contribution is 2.29. The lowest BCUT2D eigenvalue weighted by Crippen LogP contribution is -2.15. The van der Waals surface area contributed by atoms with E-state index in [9.17, 15) is 8.42 Å². The minimum Gasteiger partial charge on any atom is -0.246 e. The van der Waals surface area contributed by atoms with Gasteiger partial charge in [-0.15, -0.1) is 0 Å². The van der Waals surface area contributed by atoms with Crippen molar-refractivity contribution in [2.45, 2.75) is 30.6 Å². The molecule has 1 aromatic heterocycles. The lowest BCUT2D eigenvalue weighted by atomic mass is 9.91. The van der Waals surface area contributed by atoms with Crippen LogP contribution < -0.4 is 0 Å². The van der Waals surface area contributed by atoms with Crippen LogP contribution in [-0.2, 0) is 16.4 Å². The standard InChI is InChI=1S/C24H23NO2S/c1-19(23-15-7-10-20-9-5-6-14-24(20)23)16-17-21-11-8-18-25(21)28(26,27)22-12-3-2-4-13-22/h2-15,18-19H,16-17H2,1H3/t19-/m0/s1. The first-order valence-corrected chi connectivity index (χ1v) is 11.0. The molecule has 4 aromatic rings. The van der Waals surface area contributed by atoms with E-state index in [1.165, 1.54) is 20.3 Å². The molecule has 0 unspecified atom stereocenters. The maximum absolute atomic E-state index is 13.0. The lowest BCUT2D eigenvalue weighted by molar-refractivity contribution is 0.582. The van der Waals surface area contributed by atoms with Crippen LogP contribution in [0.15, 0.2) is 96.0 Å². The van der Waals surface area contributed by atoms with Crippen molar-refractivity contribution in [1.29, 1.82) is 0 Å². The average molecular weight is 390 g/mol. The minimum absolute atomic E-state index is 0.314. The molecule has 0 aliphatic carbocycles. The van der Waals surface area contributed by atoms with Crippen molar-refractivity contribution in [3.63, 3.8) is 0 Å². The quantitative estimate of drug-likeness (QED) is 0.430. The Morgan fingerprint density at radius 2 is 1.54 bits per heavy atom. The molecule has 0 spiro atoms. The van der Waals surface area contributed by atoms with E-state index in [-0.39, 0.29) is 0 Å². The van der Waals surface area contributed by atoms with Crippen LogP contribution >= 0.6 is 0 Å². The number of hydrogen-bond acceptors (Lipinski definition) is 2. The van der Waals surface area contributed by atoms with Gasteiger partial charge in [0.25, 0.3) is 10.0 Å². The number of aromatic nitrogens is 1. The molecule has 0 aliphatic heterocycles. The van der Waals surface area contributed by atoms with Crippen LogP contribution in [0.5, 0.6) is 0 Å². The molecule has 4 rings (SSSR count). The molecule has 0 saturated heterocycles. The van der Waals surface area contributed by atoms with Gasteiger partial charge in [0.1, 0.15) is 0 Å². The highest BCUT2D eigenvalue weighted by molar-refractivity contribution is 7.90. The molecule has 0 fully saturated rings. The van der Waals surface area contributed by atoms with E-state index in [2.05, 4.69) is 49.4 Å².